The normalized spacial score (nSPS) is 20.7. The molecule has 2 rings (SSSR count). The van der Waals surface area contributed by atoms with Gasteiger partial charge in [-0.3, -0.25) is 9.59 Å². The Hall–Kier alpha value is -2.10. The lowest BCUT2D eigenvalue weighted by molar-refractivity contribution is -0.171. The van der Waals surface area contributed by atoms with Gasteiger partial charge in [-0.2, -0.15) is 0 Å². The van der Waals surface area contributed by atoms with Gasteiger partial charge in [0, 0.05) is 0 Å². The number of esters is 2. The van der Waals surface area contributed by atoms with Crippen molar-refractivity contribution < 1.29 is 19.1 Å². The van der Waals surface area contributed by atoms with Crippen molar-refractivity contribution in [1.29, 1.82) is 0 Å². The first-order valence-corrected chi connectivity index (χ1v) is 6.92. The fourth-order valence-electron chi connectivity index (χ4n) is 3.16. The van der Waals surface area contributed by atoms with Crippen LogP contribution in [0, 0.1) is 5.41 Å². The number of allylic oxidation sites excluding steroid dienone is 1. The van der Waals surface area contributed by atoms with Gasteiger partial charge in [0.05, 0.1) is 14.2 Å². The summed E-state index contributed by atoms with van der Waals surface area (Å²) < 4.78 is 9.74. The van der Waals surface area contributed by atoms with Crippen molar-refractivity contribution >= 4 is 11.9 Å². The molecule has 0 bridgehead atoms. The van der Waals surface area contributed by atoms with E-state index in [4.69, 9.17) is 9.47 Å². The molecule has 1 aliphatic carbocycles. The van der Waals surface area contributed by atoms with Crippen LogP contribution in [0.1, 0.15) is 30.7 Å². The minimum atomic E-state index is -1.28. The van der Waals surface area contributed by atoms with E-state index in [1.54, 1.807) is 0 Å². The molecule has 0 aromatic heterocycles. The molecule has 4 heteroatoms. The van der Waals surface area contributed by atoms with Crippen molar-refractivity contribution in [2.24, 2.45) is 5.41 Å². The molecule has 0 amide bonds. The van der Waals surface area contributed by atoms with Crippen molar-refractivity contribution in [2.45, 2.75) is 25.2 Å². The SMILES string of the molecule is C=C1CC(c2ccccc2)CC(C(=O)OC)(C(=O)OC)C1. The molecule has 1 fully saturated rings. The smallest absolute Gasteiger partial charge is 0.323 e. The van der Waals surface area contributed by atoms with E-state index in [1.807, 2.05) is 30.3 Å². The van der Waals surface area contributed by atoms with E-state index in [9.17, 15) is 9.59 Å². The zero-order chi connectivity index (χ0) is 15.5. The van der Waals surface area contributed by atoms with Gasteiger partial charge in [0.25, 0.3) is 0 Å². The molecule has 0 N–H and O–H groups in total. The summed E-state index contributed by atoms with van der Waals surface area (Å²) in [6, 6.07) is 9.84. The summed E-state index contributed by atoms with van der Waals surface area (Å²) in [4.78, 5) is 24.5. The number of ether oxygens (including phenoxy) is 2. The molecule has 0 heterocycles. The third-order valence-corrected chi connectivity index (χ3v) is 4.10. The first kappa shape index (κ1) is 15.3. The number of carbonyl (C=O) groups is 2. The summed E-state index contributed by atoms with van der Waals surface area (Å²) in [7, 11) is 2.59. The Balaban J connectivity index is 2.40. The van der Waals surface area contributed by atoms with Crippen LogP contribution in [-0.2, 0) is 19.1 Å². The van der Waals surface area contributed by atoms with Crippen molar-refractivity contribution in [1.82, 2.24) is 0 Å². The number of carbonyl (C=O) groups excluding carboxylic acids is 2. The number of hydrogen-bond donors (Lipinski definition) is 0. The first-order valence-electron chi connectivity index (χ1n) is 6.92. The van der Waals surface area contributed by atoms with E-state index < -0.39 is 17.4 Å². The molecule has 1 aliphatic rings. The first-order chi connectivity index (χ1) is 10.0. The summed E-state index contributed by atoms with van der Waals surface area (Å²) in [5.41, 5.74) is 0.681. The Morgan fingerprint density at radius 3 is 2.24 bits per heavy atom. The van der Waals surface area contributed by atoms with Gasteiger partial charge in [-0.25, -0.2) is 0 Å². The van der Waals surface area contributed by atoms with Crippen molar-refractivity contribution in [3.63, 3.8) is 0 Å². The van der Waals surface area contributed by atoms with E-state index in [0.29, 0.717) is 6.42 Å². The lowest BCUT2D eigenvalue weighted by Gasteiger charge is -2.37. The average molecular weight is 288 g/mol. The van der Waals surface area contributed by atoms with E-state index in [-0.39, 0.29) is 12.3 Å². The molecule has 1 atom stereocenters. The lowest BCUT2D eigenvalue weighted by Crippen LogP contribution is -2.45. The largest absolute Gasteiger partial charge is 0.468 e. The van der Waals surface area contributed by atoms with Crippen LogP contribution in [0.2, 0.25) is 0 Å². The summed E-state index contributed by atoms with van der Waals surface area (Å²) in [5, 5.41) is 0. The third kappa shape index (κ3) is 2.84. The van der Waals surface area contributed by atoms with Gasteiger partial charge in [0.15, 0.2) is 5.41 Å². The van der Waals surface area contributed by atoms with Gasteiger partial charge in [-0.05, 0) is 30.7 Å². The van der Waals surface area contributed by atoms with Gasteiger partial charge in [0.1, 0.15) is 0 Å². The number of methoxy groups -OCH3 is 2. The van der Waals surface area contributed by atoms with Crippen LogP contribution in [0.3, 0.4) is 0 Å². The summed E-state index contributed by atoms with van der Waals surface area (Å²) in [6.45, 7) is 4.00. The van der Waals surface area contributed by atoms with Crippen molar-refractivity contribution in [2.75, 3.05) is 14.2 Å². The van der Waals surface area contributed by atoms with Gasteiger partial charge in [-0.15, -0.1) is 0 Å². The second-order valence-electron chi connectivity index (χ2n) is 5.51. The second kappa shape index (κ2) is 6.12. The zero-order valence-electron chi connectivity index (χ0n) is 12.4. The van der Waals surface area contributed by atoms with Gasteiger partial charge in [0.2, 0.25) is 0 Å². The molecule has 1 saturated carbocycles. The van der Waals surface area contributed by atoms with E-state index >= 15 is 0 Å². The molecule has 1 aromatic rings. The van der Waals surface area contributed by atoms with Crippen LogP contribution in [-0.4, -0.2) is 26.2 Å². The Morgan fingerprint density at radius 2 is 1.71 bits per heavy atom. The highest BCUT2D eigenvalue weighted by molar-refractivity contribution is 6.00. The standard InChI is InChI=1S/C17H20O4/c1-12-9-14(13-7-5-4-6-8-13)11-17(10-12,15(18)20-2)16(19)21-3/h4-8,14H,1,9-11H2,2-3H3. The number of benzene rings is 1. The predicted octanol–water partition coefficient (Wildman–Crippen LogP) is 2.84. The Morgan fingerprint density at radius 1 is 1.14 bits per heavy atom. The molecule has 0 saturated heterocycles. The van der Waals surface area contributed by atoms with E-state index in [2.05, 4.69) is 6.58 Å². The maximum Gasteiger partial charge on any atom is 0.323 e. The maximum absolute atomic E-state index is 12.2. The molecule has 1 unspecified atom stereocenters. The monoisotopic (exact) mass is 288 g/mol. The summed E-state index contributed by atoms with van der Waals surface area (Å²) in [5.74, 6) is -1.03. The summed E-state index contributed by atoms with van der Waals surface area (Å²) in [6.07, 6.45) is 1.44. The van der Waals surface area contributed by atoms with Crippen LogP contribution < -0.4 is 0 Å². The van der Waals surface area contributed by atoms with Gasteiger partial charge >= 0.3 is 11.9 Å². The second-order valence-corrected chi connectivity index (χ2v) is 5.51. The van der Waals surface area contributed by atoms with Crippen molar-refractivity contribution in [3.8, 4) is 0 Å². The highest BCUT2D eigenvalue weighted by Gasteiger charge is 2.52. The number of rotatable bonds is 3. The van der Waals surface area contributed by atoms with Crippen LogP contribution in [0.25, 0.3) is 0 Å². The van der Waals surface area contributed by atoms with E-state index in [1.165, 1.54) is 14.2 Å². The van der Waals surface area contributed by atoms with Gasteiger partial charge in [-0.1, -0.05) is 42.5 Å². The molecule has 112 valence electrons. The maximum atomic E-state index is 12.2. The highest BCUT2D eigenvalue weighted by Crippen LogP contribution is 2.47. The Kier molecular flexibility index (Phi) is 4.46. The minimum absolute atomic E-state index is 0.0608. The molecule has 0 radical (unpaired) electrons. The van der Waals surface area contributed by atoms with Crippen LogP contribution in [0.15, 0.2) is 42.5 Å². The minimum Gasteiger partial charge on any atom is -0.468 e. The average Bonchev–Trinajstić information content (AvgIpc) is 2.53. The van der Waals surface area contributed by atoms with Crippen LogP contribution >= 0.6 is 0 Å². The van der Waals surface area contributed by atoms with Crippen LogP contribution in [0.5, 0.6) is 0 Å². The Bertz CT molecular complexity index is 531. The molecule has 4 nitrogen and oxygen atoms in total. The quantitative estimate of drug-likeness (QED) is 0.487. The topological polar surface area (TPSA) is 52.6 Å². The molecule has 1 aromatic carbocycles. The third-order valence-electron chi connectivity index (χ3n) is 4.10. The number of hydrogen-bond acceptors (Lipinski definition) is 4. The fourth-order valence-corrected chi connectivity index (χ4v) is 3.16. The molecule has 21 heavy (non-hydrogen) atoms. The molecular weight excluding hydrogens is 268 g/mol. The fraction of sp³-hybridized carbons (Fsp3) is 0.412. The molecular formula is C17H20O4. The highest BCUT2D eigenvalue weighted by atomic mass is 16.5. The molecule has 0 spiro atoms. The van der Waals surface area contributed by atoms with E-state index in [0.717, 1.165) is 17.6 Å². The zero-order valence-corrected chi connectivity index (χ0v) is 12.4. The van der Waals surface area contributed by atoms with Gasteiger partial charge < -0.3 is 9.47 Å². The Labute approximate surface area is 124 Å². The van der Waals surface area contributed by atoms with Crippen molar-refractivity contribution in [3.05, 3.63) is 48.0 Å². The summed E-state index contributed by atoms with van der Waals surface area (Å²) >= 11 is 0. The molecule has 0 aliphatic heterocycles. The lowest BCUT2D eigenvalue weighted by atomic mass is 9.66. The van der Waals surface area contributed by atoms with Crippen LogP contribution in [0.4, 0.5) is 0 Å². The predicted molar refractivity (Wildman–Crippen MR) is 78.6 cm³/mol.